The third-order valence-electron chi connectivity index (χ3n) is 3.56. The second-order valence-corrected chi connectivity index (χ2v) is 6.25. The molecule has 1 saturated heterocycles. The third kappa shape index (κ3) is 4.88. The van der Waals surface area contributed by atoms with E-state index in [1.807, 2.05) is 32.0 Å². The lowest BCUT2D eigenvalue weighted by molar-refractivity contribution is 0.247. The molecule has 1 aromatic carbocycles. The fraction of sp³-hybridized carbons (Fsp3) is 0.533. The summed E-state index contributed by atoms with van der Waals surface area (Å²) in [5.41, 5.74) is 8.11. The molecule has 116 valence electrons. The number of benzene rings is 1. The lowest BCUT2D eigenvalue weighted by atomic mass is 10.0. The maximum atomic E-state index is 12.0. The first kappa shape index (κ1) is 16.1. The van der Waals surface area contributed by atoms with Gasteiger partial charge in [0.05, 0.1) is 10.7 Å². The van der Waals surface area contributed by atoms with E-state index in [1.54, 1.807) is 0 Å². The average Bonchev–Trinajstić information content (AvgIpc) is 2.78. The van der Waals surface area contributed by atoms with Crippen LogP contribution in [0.3, 0.4) is 0 Å². The van der Waals surface area contributed by atoms with Gasteiger partial charge in [-0.25, -0.2) is 4.79 Å². The molecule has 0 aromatic heterocycles. The van der Waals surface area contributed by atoms with Crippen LogP contribution < -0.4 is 21.5 Å². The molecule has 2 amide bonds. The Kier molecular flexibility index (Phi) is 5.45. The van der Waals surface area contributed by atoms with E-state index in [-0.39, 0.29) is 12.1 Å². The van der Waals surface area contributed by atoms with E-state index in [0.29, 0.717) is 22.8 Å². The number of amides is 2. The maximum absolute atomic E-state index is 12.0. The Bertz CT molecular complexity index is 508. The molecule has 21 heavy (non-hydrogen) atoms. The lowest BCUT2D eigenvalue weighted by Crippen LogP contribution is -2.41. The quantitative estimate of drug-likeness (QED) is 0.691. The first-order chi connectivity index (χ1) is 9.94. The van der Waals surface area contributed by atoms with Gasteiger partial charge in [0.15, 0.2) is 0 Å². The predicted octanol–water partition coefficient (Wildman–Crippen LogP) is 2.80. The molecule has 2 rings (SSSR count). The van der Waals surface area contributed by atoms with E-state index in [1.165, 1.54) is 0 Å². The van der Waals surface area contributed by atoms with Crippen LogP contribution in [0.5, 0.6) is 0 Å². The molecule has 1 fully saturated rings. The molecule has 1 aliphatic rings. The summed E-state index contributed by atoms with van der Waals surface area (Å²) in [6, 6.07) is 6.27. The van der Waals surface area contributed by atoms with Crippen LogP contribution >= 0.6 is 11.6 Å². The molecule has 5 nitrogen and oxygen atoms in total. The molecular formula is C15H23ClN4O. The van der Waals surface area contributed by atoms with E-state index in [4.69, 9.17) is 11.6 Å². The number of halogens is 1. The highest BCUT2D eigenvalue weighted by Crippen LogP contribution is 2.22. The van der Waals surface area contributed by atoms with Crippen LogP contribution in [0, 0.1) is 6.92 Å². The van der Waals surface area contributed by atoms with Gasteiger partial charge in [-0.3, -0.25) is 10.9 Å². The van der Waals surface area contributed by atoms with Gasteiger partial charge < -0.3 is 10.6 Å². The monoisotopic (exact) mass is 310 g/mol. The van der Waals surface area contributed by atoms with Gasteiger partial charge in [0.1, 0.15) is 0 Å². The second kappa shape index (κ2) is 7.11. The van der Waals surface area contributed by atoms with Crippen molar-refractivity contribution in [1.82, 2.24) is 16.2 Å². The van der Waals surface area contributed by atoms with Crippen molar-refractivity contribution in [3.63, 3.8) is 0 Å². The van der Waals surface area contributed by atoms with Gasteiger partial charge in [0.2, 0.25) is 0 Å². The van der Waals surface area contributed by atoms with Crippen LogP contribution in [0.25, 0.3) is 0 Å². The van der Waals surface area contributed by atoms with Crippen LogP contribution in [0.2, 0.25) is 5.02 Å². The molecule has 0 spiro atoms. The molecule has 1 heterocycles. The van der Waals surface area contributed by atoms with Crippen LogP contribution in [0.15, 0.2) is 18.2 Å². The normalized spacial score (nSPS) is 22.9. The number of aryl methyl sites for hydroxylation is 1. The molecule has 3 unspecified atom stereocenters. The zero-order valence-electron chi connectivity index (χ0n) is 12.7. The Morgan fingerprint density at radius 2 is 2.24 bits per heavy atom. The van der Waals surface area contributed by atoms with Gasteiger partial charge in [-0.05, 0) is 51.3 Å². The van der Waals surface area contributed by atoms with Crippen LogP contribution in [-0.4, -0.2) is 24.2 Å². The number of rotatable bonds is 4. The number of hydrazine groups is 1. The van der Waals surface area contributed by atoms with Gasteiger partial charge in [-0.2, -0.15) is 0 Å². The minimum atomic E-state index is -0.229. The fourth-order valence-corrected chi connectivity index (χ4v) is 2.83. The van der Waals surface area contributed by atoms with Gasteiger partial charge in [-0.15, -0.1) is 0 Å². The molecule has 1 aromatic rings. The Morgan fingerprint density at radius 3 is 2.86 bits per heavy atom. The summed E-state index contributed by atoms with van der Waals surface area (Å²) in [7, 11) is 0. The smallest absolute Gasteiger partial charge is 0.319 e. The second-order valence-electron chi connectivity index (χ2n) is 5.84. The van der Waals surface area contributed by atoms with E-state index in [2.05, 4.69) is 28.4 Å². The molecule has 0 bridgehead atoms. The van der Waals surface area contributed by atoms with Crippen LogP contribution in [-0.2, 0) is 0 Å². The molecular weight excluding hydrogens is 288 g/mol. The number of hydrogen-bond donors (Lipinski definition) is 4. The largest absolute Gasteiger partial charge is 0.335 e. The first-order valence-corrected chi connectivity index (χ1v) is 7.66. The van der Waals surface area contributed by atoms with E-state index < -0.39 is 0 Å². The number of carbonyl (C=O) groups is 1. The zero-order valence-corrected chi connectivity index (χ0v) is 13.4. The fourth-order valence-electron chi connectivity index (χ4n) is 2.55. The number of hydrogen-bond acceptors (Lipinski definition) is 3. The highest BCUT2D eigenvalue weighted by atomic mass is 35.5. The summed E-state index contributed by atoms with van der Waals surface area (Å²) < 4.78 is 0. The topological polar surface area (TPSA) is 65.2 Å². The summed E-state index contributed by atoms with van der Waals surface area (Å²) in [5.74, 6) is 0. The van der Waals surface area contributed by atoms with E-state index in [9.17, 15) is 4.79 Å². The molecule has 0 aliphatic carbocycles. The zero-order chi connectivity index (χ0) is 15.4. The maximum Gasteiger partial charge on any atom is 0.319 e. The molecule has 4 N–H and O–H groups in total. The SMILES string of the molecule is Cc1ccc(NC(=O)NC(C)CC2CC(C)NN2)c(Cl)c1. The highest BCUT2D eigenvalue weighted by molar-refractivity contribution is 6.33. The highest BCUT2D eigenvalue weighted by Gasteiger charge is 2.22. The van der Waals surface area contributed by atoms with Crippen molar-refractivity contribution in [1.29, 1.82) is 0 Å². The van der Waals surface area contributed by atoms with Crippen LogP contribution in [0.1, 0.15) is 32.3 Å². The Hall–Kier alpha value is -1.30. The number of anilines is 1. The number of nitrogens with one attached hydrogen (secondary N) is 4. The molecule has 0 saturated carbocycles. The van der Waals surface area contributed by atoms with E-state index >= 15 is 0 Å². The van der Waals surface area contributed by atoms with Crippen molar-refractivity contribution in [3.8, 4) is 0 Å². The Morgan fingerprint density at radius 1 is 1.48 bits per heavy atom. The summed E-state index contributed by atoms with van der Waals surface area (Å²) in [5, 5.41) is 6.27. The third-order valence-corrected chi connectivity index (χ3v) is 3.87. The minimum Gasteiger partial charge on any atom is -0.335 e. The Labute approximate surface area is 130 Å². The Balaban J connectivity index is 1.81. The molecule has 0 radical (unpaired) electrons. The first-order valence-electron chi connectivity index (χ1n) is 7.28. The summed E-state index contributed by atoms with van der Waals surface area (Å²) in [6.45, 7) is 6.10. The molecule has 1 aliphatic heterocycles. The standard InChI is InChI=1S/C15H23ClN4O/c1-9-4-5-14(13(16)6-9)18-15(21)17-10(2)7-12-8-11(3)19-20-12/h4-6,10-12,19-20H,7-8H2,1-3H3,(H2,17,18,21). The molecule has 6 heteroatoms. The van der Waals surface area contributed by atoms with Gasteiger partial charge in [0, 0.05) is 18.1 Å². The summed E-state index contributed by atoms with van der Waals surface area (Å²) in [4.78, 5) is 12.0. The van der Waals surface area contributed by atoms with Crippen LogP contribution in [0.4, 0.5) is 10.5 Å². The van der Waals surface area contributed by atoms with Gasteiger partial charge in [-0.1, -0.05) is 17.7 Å². The summed E-state index contributed by atoms with van der Waals surface area (Å²) in [6.07, 6.45) is 1.95. The van der Waals surface area contributed by atoms with E-state index in [0.717, 1.165) is 18.4 Å². The van der Waals surface area contributed by atoms with Crippen molar-refractivity contribution in [2.24, 2.45) is 0 Å². The number of carbonyl (C=O) groups excluding carboxylic acids is 1. The molecule has 3 atom stereocenters. The van der Waals surface area contributed by atoms with Crippen molar-refractivity contribution in [2.45, 2.75) is 51.7 Å². The average molecular weight is 311 g/mol. The van der Waals surface area contributed by atoms with Crippen molar-refractivity contribution >= 4 is 23.3 Å². The van der Waals surface area contributed by atoms with Crippen molar-refractivity contribution in [3.05, 3.63) is 28.8 Å². The summed E-state index contributed by atoms with van der Waals surface area (Å²) >= 11 is 6.10. The van der Waals surface area contributed by atoms with Crippen molar-refractivity contribution in [2.75, 3.05) is 5.32 Å². The number of urea groups is 1. The van der Waals surface area contributed by atoms with Gasteiger partial charge in [0.25, 0.3) is 0 Å². The minimum absolute atomic E-state index is 0.0822. The van der Waals surface area contributed by atoms with Gasteiger partial charge >= 0.3 is 6.03 Å². The van der Waals surface area contributed by atoms with Crippen molar-refractivity contribution < 1.29 is 4.79 Å². The lowest BCUT2D eigenvalue weighted by Gasteiger charge is -2.18. The predicted molar refractivity (Wildman–Crippen MR) is 86.6 cm³/mol.